The van der Waals surface area contributed by atoms with Gasteiger partial charge in [0.25, 0.3) is 5.91 Å². The summed E-state index contributed by atoms with van der Waals surface area (Å²) < 4.78 is 2.08. The lowest BCUT2D eigenvalue weighted by Crippen LogP contribution is -2.46. The highest BCUT2D eigenvalue weighted by Crippen LogP contribution is 2.38. The highest BCUT2D eigenvalue weighted by atomic mass is 35.5. The average molecular weight is 585 g/mol. The number of rotatable bonds is 10. The molecule has 0 aliphatic carbocycles. The van der Waals surface area contributed by atoms with E-state index in [9.17, 15) is 9.59 Å². The summed E-state index contributed by atoms with van der Waals surface area (Å²) in [6.45, 7) is 1.26. The lowest BCUT2D eigenvalue weighted by Gasteiger charge is -2.28. The van der Waals surface area contributed by atoms with E-state index in [0.29, 0.717) is 29.2 Å². The van der Waals surface area contributed by atoms with Gasteiger partial charge in [-0.1, -0.05) is 48.0 Å². The maximum absolute atomic E-state index is 13.4. The summed E-state index contributed by atoms with van der Waals surface area (Å²) in [5.41, 5.74) is 10.8. The van der Waals surface area contributed by atoms with Crippen LogP contribution in [0.5, 0.6) is 0 Å². The number of aromatic nitrogens is 2. The molecule has 41 heavy (non-hydrogen) atoms. The number of nitrogens with two attached hydrogens (primary N) is 1. The fourth-order valence-corrected chi connectivity index (χ4v) is 6.25. The van der Waals surface area contributed by atoms with E-state index >= 15 is 0 Å². The van der Waals surface area contributed by atoms with E-state index in [1.165, 1.54) is 0 Å². The number of carbonyl (C=O) groups excluding carboxylic acids is 2. The summed E-state index contributed by atoms with van der Waals surface area (Å²) in [5, 5.41) is 16.1. The highest BCUT2D eigenvalue weighted by Gasteiger charge is 2.27. The zero-order valence-corrected chi connectivity index (χ0v) is 23.8. The summed E-state index contributed by atoms with van der Waals surface area (Å²) >= 11 is 7.62. The Morgan fingerprint density at radius 1 is 1.12 bits per heavy atom. The molecule has 0 fully saturated rings. The maximum Gasteiger partial charge on any atom is 0.253 e. The SMILES string of the molecule is N#Cc1ccc(Cn2cncc2CNC2CCSc3c(C(=O)NC(Cc4ccc(Cl)cc4)C(N)=O)cccc32)cc1. The second-order valence-corrected chi connectivity index (χ2v) is 11.4. The fourth-order valence-electron chi connectivity index (χ4n) is 4.88. The normalized spacial score (nSPS) is 15.0. The molecule has 0 saturated heterocycles. The van der Waals surface area contributed by atoms with E-state index in [-0.39, 0.29) is 18.4 Å². The Labute approximate surface area is 247 Å². The third kappa shape index (κ3) is 6.98. The molecule has 1 aliphatic rings. The Bertz CT molecular complexity index is 1580. The molecule has 2 amide bonds. The van der Waals surface area contributed by atoms with E-state index in [4.69, 9.17) is 22.6 Å². The molecule has 3 aromatic carbocycles. The average Bonchev–Trinajstić information content (AvgIpc) is 3.43. The molecule has 0 spiro atoms. The number of amides is 2. The van der Waals surface area contributed by atoms with E-state index in [0.717, 1.165) is 39.5 Å². The molecule has 0 bridgehead atoms. The van der Waals surface area contributed by atoms with Gasteiger partial charge in [0.15, 0.2) is 0 Å². The number of nitrogens with one attached hydrogen (secondary N) is 2. The molecule has 10 heteroatoms. The van der Waals surface area contributed by atoms with E-state index in [1.54, 1.807) is 30.0 Å². The van der Waals surface area contributed by atoms with E-state index in [2.05, 4.69) is 26.3 Å². The van der Waals surface area contributed by atoms with E-state index in [1.807, 2.05) is 61.1 Å². The van der Waals surface area contributed by atoms with Crippen LogP contribution in [0.25, 0.3) is 0 Å². The minimum absolute atomic E-state index is 0.0540. The van der Waals surface area contributed by atoms with Gasteiger partial charge in [0.05, 0.1) is 29.2 Å². The Balaban J connectivity index is 1.27. The minimum Gasteiger partial charge on any atom is -0.368 e. The Kier molecular flexibility index (Phi) is 9.04. The zero-order valence-electron chi connectivity index (χ0n) is 22.2. The number of benzene rings is 3. The van der Waals surface area contributed by atoms with Gasteiger partial charge < -0.3 is 20.9 Å². The second-order valence-electron chi connectivity index (χ2n) is 9.88. The van der Waals surface area contributed by atoms with Gasteiger partial charge in [-0.15, -0.1) is 11.8 Å². The van der Waals surface area contributed by atoms with Crippen molar-refractivity contribution in [2.75, 3.05) is 5.75 Å². The van der Waals surface area contributed by atoms with Gasteiger partial charge in [0.1, 0.15) is 6.04 Å². The van der Waals surface area contributed by atoms with Crippen molar-refractivity contribution in [3.63, 3.8) is 0 Å². The number of nitrogens with zero attached hydrogens (tertiary/aromatic N) is 3. The van der Waals surface area contributed by atoms with Crippen LogP contribution in [0.15, 0.2) is 84.1 Å². The maximum atomic E-state index is 13.4. The van der Waals surface area contributed by atoms with Crippen LogP contribution in [0.1, 0.15) is 50.8 Å². The largest absolute Gasteiger partial charge is 0.368 e. The highest BCUT2D eigenvalue weighted by molar-refractivity contribution is 7.99. The third-order valence-electron chi connectivity index (χ3n) is 7.08. The first kappa shape index (κ1) is 28.4. The standard InChI is InChI=1S/C31H29ClN6O2S/c32-23-10-8-20(9-11-23)14-28(30(34)39)37-31(40)26-3-1-2-25-27(12-13-41-29(25)26)36-17-24-16-35-19-38(24)18-22-6-4-21(15-33)5-7-22/h1-11,16,19,27-28,36H,12-14,17-18H2,(H2,34,39)(H,37,40). The molecule has 208 valence electrons. The molecule has 0 radical (unpaired) electrons. The third-order valence-corrected chi connectivity index (χ3v) is 8.52. The molecule has 2 heterocycles. The first-order valence-electron chi connectivity index (χ1n) is 13.2. The van der Waals surface area contributed by atoms with Crippen molar-refractivity contribution in [3.05, 3.63) is 118 Å². The number of thioether (sulfide) groups is 1. The minimum atomic E-state index is -0.849. The van der Waals surface area contributed by atoms with Gasteiger partial charge in [-0.3, -0.25) is 9.59 Å². The number of nitriles is 1. The number of halogens is 1. The molecule has 4 aromatic rings. The predicted octanol–water partition coefficient (Wildman–Crippen LogP) is 4.61. The fraction of sp³-hybridized carbons (Fsp3) is 0.226. The van der Waals surface area contributed by atoms with Crippen LogP contribution < -0.4 is 16.4 Å². The second kappa shape index (κ2) is 13.0. The van der Waals surface area contributed by atoms with Gasteiger partial charge >= 0.3 is 0 Å². The van der Waals surface area contributed by atoms with Crippen molar-refractivity contribution in [1.82, 2.24) is 20.2 Å². The summed E-state index contributed by atoms with van der Waals surface area (Å²) in [5.74, 6) is -0.0695. The molecule has 1 aromatic heterocycles. The van der Waals surface area contributed by atoms with Gasteiger partial charge in [-0.2, -0.15) is 5.26 Å². The topological polar surface area (TPSA) is 126 Å². The molecule has 2 atom stereocenters. The van der Waals surface area contributed by atoms with Crippen molar-refractivity contribution >= 4 is 35.2 Å². The van der Waals surface area contributed by atoms with Gasteiger partial charge in [0.2, 0.25) is 5.91 Å². The predicted molar refractivity (Wildman–Crippen MR) is 159 cm³/mol. The van der Waals surface area contributed by atoms with Crippen molar-refractivity contribution in [2.24, 2.45) is 5.73 Å². The molecule has 5 rings (SSSR count). The van der Waals surface area contributed by atoms with Crippen molar-refractivity contribution in [2.45, 2.75) is 42.9 Å². The lowest BCUT2D eigenvalue weighted by atomic mass is 9.99. The number of fused-ring (bicyclic) bond motifs is 1. The summed E-state index contributed by atoms with van der Waals surface area (Å²) in [7, 11) is 0. The molecule has 0 saturated carbocycles. The van der Waals surface area contributed by atoms with Crippen molar-refractivity contribution in [1.29, 1.82) is 5.26 Å². The van der Waals surface area contributed by atoms with Crippen molar-refractivity contribution in [3.8, 4) is 6.07 Å². The summed E-state index contributed by atoms with van der Waals surface area (Å²) in [4.78, 5) is 30.8. The summed E-state index contributed by atoms with van der Waals surface area (Å²) in [6.07, 6.45) is 4.85. The van der Waals surface area contributed by atoms with Crippen LogP contribution in [0, 0.1) is 11.3 Å². The molecule has 8 nitrogen and oxygen atoms in total. The van der Waals surface area contributed by atoms with Gasteiger partial charge in [0, 0.05) is 41.7 Å². The van der Waals surface area contributed by atoms with E-state index < -0.39 is 11.9 Å². The molecule has 4 N–H and O–H groups in total. The number of carbonyl (C=O) groups is 2. The molecule has 1 aliphatic heterocycles. The Hall–Kier alpha value is -4.10. The van der Waals surface area contributed by atoms with Gasteiger partial charge in [-0.25, -0.2) is 4.98 Å². The van der Waals surface area contributed by atoms with Crippen molar-refractivity contribution < 1.29 is 9.59 Å². The van der Waals surface area contributed by atoms with Gasteiger partial charge in [-0.05, 0) is 59.2 Å². The summed E-state index contributed by atoms with van der Waals surface area (Å²) in [6, 6.07) is 21.7. The number of hydrogen-bond donors (Lipinski definition) is 3. The molecular formula is C31H29ClN6O2S. The molecular weight excluding hydrogens is 556 g/mol. The Morgan fingerprint density at radius 3 is 2.61 bits per heavy atom. The number of hydrogen-bond acceptors (Lipinski definition) is 6. The quantitative estimate of drug-likeness (QED) is 0.250. The number of primary amides is 1. The number of imidazole rings is 1. The van der Waals surface area contributed by atoms with Crippen LogP contribution in [0.2, 0.25) is 5.02 Å². The molecule has 2 unspecified atom stereocenters. The Morgan fingerprint density at radius 2 is 1.88 bits per heavy atom. The van der Waals surface area contributed by atoms with Crippen LogP contribution in [0.3, 0.4) is 0 Å². The first-order chi connectivity index (χ1) is 19.9. The lowest BCUT2D eigenvalue weighted by molar-refractivity contribution is -0.119. The van der Waals surface area contributed by atoms with Crippen LogP contribution in [-0.2, 0) is 24.3 Å². The van der Waals surface area contributed by atoms with Crippen LogP contribution >= 0.6 is 23.4 Å². The van der Waals surface area contributed by atoms with Crippen LogP contribution in [0.4, 0.5) is 0 Å². The first-order valence-corrected chi connectivity index (χ1v) is 14.6. The van der Waals surface area contributed by atoms with Crippen LogP contribution in [-0.4, -0.2) is 33.2 Å². The monoisotopic (exact) mass is 584 g/mol. The zero-order chi connectivity index (χ0) is 28.8. The smallest absolute Gasteiger partial charge is 0.253 e.